The van der Waals surface area contributed by atoms with Gasteiger partial charge in [0.2, 0.25) is 0 Å². The van der Waals surface area contributed by atoms with Crippen molar-refractivity contribution in [2.45, 2.75) is 83.8 Å². The van der Waals surface area contributed by atoms with Crippen LogP contribution in [0.2, 0.25) is 0 Å². The van der Waals surface area contributed by atoms with Crippen LogP contribution in [0.4, 0.5) is 0 Å². The van der Waals surface area contributed by atoms with Gasteiger partial charge in [-0.15, -0.1) is 0 Å². The summed E-state index contributed by atoms with van der Waals surface area (Å²) in [5, 5.41) is 15.0. The van der Waals surface area contributed by atoms with E-state index in [2.05, 4.69) is 31.3 Å². The van der Waals surface area contributed by atoms with Crippen LogP contribution in [-0.2, 0) is 4.79 Å². The van der Waals surface area contributed by atoms with Gasteiger partial charge in [0.25, 0.3) is 0 Å². The van der Waals surface area contributed by atoms with Gasteiger partial charge in [-0.3, -0.25) is 4.79 Å². The fourth-order valence-electron chi connectivity index (χ4n) is 7.73. The van der Waals surface area contributed by atoms with Gasteiger partial charge in [0.15, 0.2) is 0 Å². The summed E-state index contributed by atoms with van der Waals surface area (Å²) in [5.74, 6) is 1.80. The lowest BCUT2D eigenvalue weighted by Crippen LogP contribution is -2.55. The second kappa shape index (κ2) is 6.29. The highest BCUT2D eigenvalue weighted by Gasteiger charge is 2.59. The van der Waals surface area contributed by atoms with Gasteiger partial charge in [-0.25, -0.2) is 0 Å². The second-order valence-electron chi connectivity index (χ2n) is 10.5. The summed E-state index contributed by atoms with van der Waals surface area (Å²) in [7, 11) is 0. The number of carbonyl (C=O) groups is 1. The van der Waals surface area contributed by atoms with Crippen LogP contribution >= 0.6 is 0 Å². The quantitative estimate of drug-likeness (QED) is 0.682. The number of rotatable bonds is 1. The van der Waals surface area contributed by atoms with E-state index in [1.807, 2.05) is 0 Å². The summed E-state index contributed by atoms with van der Waals surface area (Å²) in [6.45, 7) is 6.03. The van der Waals surface area contributed by atoms with Gasteiger partial charge in [0.05, 0.1) is 6.10 Å². The summed E-state index contributed by atoms with van der Waals surface area (Å²) in [5.41, 5.74) is 3.27. The van der Waals surface area contributed by atoms with Crippen molar-refractivity contribution in [1.82, 2.24) is 5.32 Å². The molecule has 148 valence electrons. The van der Waals surface area contributed by atoms with Crippen LogP contribution < -0.4 is 5.32 Å². The topological polar surface area (TPSA) is 49.3 Å². The molecule has 0 amide bonds. The zero-order chi connectivity index (χ0) is 18.8. The highest BCUT2D eigenvalue weighted by Crippen LogP contribution is 2.65. The van der Waals surface area contributed by atoms with Gasteiger partial charge in [-0.2, -0.15) is 0 Å². The first-order valence-electron chi connectivity index (χ1n) is 11.3. The highest BCUT2D eigenvalue weighted by atomic mass is 16.3. The van der Waals surface area contributed by atoms with Gasteiger partial charge in [0.1, 0.15) is 5.78 Å². The van der Waals surface area contributed by atoms with E-state index in [-0.39, 0.29) is 16.9 Å². The van der Waals surface area contributed by atoms with Gasteiger partial charge in [0, 0.05) is 18.9 Å². The molecule has 2 saturated carbocycles. The molecule has 3 heteroatoms. The second-order valence-corrected chi connectivity index (χ2v) is 10.5. The van der Waals surface area contributed by atoms with Gasteiger partial charge in [-0.1, -0.05) is 43.6 Å². The Morgan fingerprint density at radius 1 is 1.11 bits per heavy atom. The molecule has 4 aliphatic carbocycles. The minimum Gasteiger partial charge on any atom is -0.389 e. The normalized spacial score (nSPS) is 49.6. The number of ketones is 1. The lowest BCUT2D eigenvalue weighted by atomic mass is 9.46. The molecular weight excluding hydrogens is 334 g/mol. The smallest absolute Gasteiger partial charge is 0.136 e. The van der Waals surface area contributed by atoms with E-state index in [1.165, 1.54) is 37.7 Å². The van der Waals surface area contributed by atoms with Gasteiger partial charge < -0.3 is 10.4 Å². The van der Waals surface area contributed by atoms with Crippen LogP contribution in [0.5, 0.6) is 0 Å². The van der Waals surface area contributed by atoms with Gasteiger partial charge >= 0.3 is 0 Å². The van der Waals surface area contributed by atoms with Gasteiger partial charge in [-0.05, 0) is 73.7 Å². The zero-order valence-corrected chi connectivity index (χ0v) is 17.0. The zero-order valence-electron chi connectivity index (χ0n) is 17.0. The van der Waals surface area contributed by atoms with E-state index in [4.69, 9.17) is 0 Å². The van der Waals surface area contributed by atoms with E-state index < -0.39 is 0 Å². The number of piperidine rings is 1. The maximum Gasteiger partial charge on any atom is 0.136 e. The number of hydrogen-bond donors (Lipinski definition) is 2. The van der Waals surface area contributed by atoms with Crippen molar-refractivity contribution in [1.29, 1.82) is 0 Å². The third-order valence-electron chi connectivity index (χ3n) is 9.29. The summed E-state index contributed by atoms with van der Waals surface area (Å²) >= 11 is 0. The molecule has 27 heavy (non-hydrogen) atoms. The first-order valence-corrected chi connectivity index (χ1v) is 11.3. The first-order chi connectivity index (χ1) is 12.9. The van der Waals surface area contributed by atoms with E-state index >= 15 is 0 Å². The van der Waals surface area contributed by atoms with Crippen molar-refractivity contribution in [3.05, 3.63) is 23.3 Å². The SMILES string of the molecule is C[C@]12CCC(=O)CC1=CC(O)[C@@H]1[C@@H]2CC[C@]2(C)C(C3CCCCN3)=CC[C@@H]12. The Balaban J connectivity index is 1.47. The lowest BCUT2D eigenvalue weighted by Gasteiger charge is -2.58. The molecule has 5 rings (SSSR count). The minimum atomic E-state index is -0.374. The monoisotopic (exact) mass is 369 g/mol. The molecule has 1 aliphatic heterocycles. The molecule has 3 fully saturated rings. The van der Waals surface area contributed by atoms with E-state index in [0.717, 1.165) is 25.8 Å². The van der Waals surface area contributed by atoms with Crippen molar-refractivity contribution in [3.63, 3.8) is 0 Å². The molecule has 3 nitrogen and oxygen atoms in total. The molecule has 0 bridgehead atoms. The molecule has 0 aromatic rings. The number of fused-ring (bicyclic) bond motifs is 5. The van der Waals surface area contributed by atoms with Crippen molar-refractivity contribution in [2.75, 3.05) is 6.54 Å². The molecular formula is C24H35NO2. The highest BCUT2D eigenvalue weighted by molar-refractivity contribution is 5.82. The molecule has 1 heterocycles. The molecule has 0 spiro atoms. The maximum atomic E-state index is 12.0. The number of hydrogen-bond acceptors (Lipinski definition) is 3. The molecule has 7 atom stereocenters. The van der Waals surface area contributed by atoms with E-state index in [9.17, 15) is 9.90 Å². The summed E-state index contributed by atoms with van der Waals surface area (Å²) in [4.78, 5) is 12.0. The van der Waals surface area contributed by atoms with Crippen LogP contribution in [0.25, 0.3) is 0 Å². The van der Waals surface area contributed by atoms with E-state index in [1.54, 1.807) is 5.57 Å². The van der Waals surface area contributed by atoms with Crippen molar-refractivity contribution >= 4 is 5.78 Å². The average Bonchev–Trinajstić information content (AvgIpc) is 3.01. The number of nitrogens with one attached hydrogen (secondary N) is 1. The Labute approximate surface area is 163 Å². The Hall–Kier alpha value is -0.930. The first kappa shape index (κ1) is 18.1. The maximum absolute atomic E-state index is 12.0. The molecule has 0 radical (unpaired) electrons. The van der Waals surface area contributed by atoms with Crippen molar-refractivity contribution < 1.29 is 9.90 Å². The predicted molar refractivity (Wildman–Crippen MR) is 107 cm³/mol. The molecule has 5 aliphatic rings. The average molecular weight is 370 g/mol. The third kappa shape index (κ3) is 2.57. The summed E-state index contributed by atoms with van der Waals surface area (Å²) in [6.07, 6.45) is 14.0. The number of aliphatic hydroxyl groups is 1. The fourth-order valence-corrected chi connectivity index (χ4v) is 7.73. The fraction of sp³-hybridized carbons (Fsp3) is 0.792. The third-order valence-corrected chi connectivity index (χ3v) is 9.29. The number of aliphatic hydroxyl groups excluding tert-OH is 1. The van der Waals surface area contributed by atoms with E-state index in [0.29, 0.717) is 36.0 Å². The Morgan fingerprint density at radius 3 is 2.74 bits per heavy atom. The molecule has 0 aromatic carbocycles. The van der Waals surface area contributed by atoms with Crippen LogP contribution in [0.1, 0.15) is 71.6 Å². The van der Waals surface area contributed by atoms with Crippen LogP contribution in [0.15, 0.2) is 23.3 Å². The standard InChI is InChI=1S/C24H35NO2/c1-23-10-8-16(26)13-15(23)14-21(27)22-18-7-6-17(20-5-3-4-12-25-20)24(18,2)11-9-19(22)23/h6,14,18-22,25,27H,3-5,7-13H2,1-2H3/t18-,19-,20?,21?,22-,23-,24+/m0/s1. The van der Waals surface area contributed by atoms with Crippen molar-refractivity contribution in [3.8, 4) is 0 Å². The molecule has 0 aromatic heterocycles. The predicted octanol–water partition coefficient (Wildman–Crippen LogP) is 4.17. The van der Waals surface area contributed by atoms with Crippen LogP contribution in [-0.4, -0.2) is 29.6 Å². The minimum absolute atomic E-state index is 0.130. The molecule has 2 N–H and O–H groups in total. The lowest BCUT2D eigenvalue weighted by molar-refractivity contribution is -0.123. The van der Waals surface area contributed by atoms with Crippen LogP contribution in [0, 0.1) is 28.6 Å². The number of Topliss-reactive ketones (excluding diaryl/α,β-unsaturated/α-hetero) is 1. The molecule has 1 saturated heterocycles. The Bertz CT molecular complexity index is 703. The summed E-state index contributed by atoms with van der Waals surface area (Å²) < 4.78 is 0. The number of allylic oxidation sites excluding steroid dienone is 2. The largest absolute Gasteiger partial charge is 0.389 e. The number of carbonyl (C=O) groups excluding carboxylic acids is 1. The Kier molecular flexibility index (Phi) is 4.22. The molecule has 2 unspecified atom stereocenters. The van der Waals surface area contributed by atoms with Crippen molar-refractivity contribution in [2.24, 2.45) is 28.6 Å². The van der Waals surface area contributed by atoms with Crippen LogP contribution in [0.3, 0.4) is 0 Å². The summed E-state index contributed by atoms with van der Waals surface area (Å²) in [6, 6.07) is 0.556. The Morgan fingerprint density at radius 2 is 1.96 bits per heavy atom.